The Morgan fingerprint density at radius 3 is 2.58 bits per heavy atom. The van der Waals surface area contributed by atoms with Crippen molar-refractivity contribution in [3.05, 3.63) is 46.3 Å². The average molecular weight is 317 g/mol. The van der Waals surface area contributed by atoms with Crippen LogP contribution in [0.4, 0.5) is 5.69 Å². The Labute approximate surface area is 119 Å². The van der Waals surface area contributed by atoms with E-state index in [-0.39, 0.29) is 0 Å². The summed E-state index contributed by atoms with van der Waals surface area (Å²) in [5.74, 6) is 0.792. The minimum Gasteiger partial charge on any atom is -0.397 e. The van der Waals surface area contributed by atoms with Gasteiger partial charge in [0.1, 0.15) is 6.33 Å². The van der Waals surface area contributed by atoms with Crippen LogP contribution in [-0.2, 0) is 0 Å². The number of nitrogens with zero attached hydrogens (tertiary/aromatic N) is 3. The first-order valence-electron chi connectivity index (χ1n) is 5.92. The average Bonchev–Trinajstić information content (AvgIpc) is 2.73. The van der Waals surface area contributed by atoms with E-state index in [1.165, 1.54) is 11.1 Å². The molecule has 96 valence electrons. The van der Waals surface area contributed by atoms with Crippen LogP contribution in [0.25, 0.3) is 16.9 Å². The number of nitrogens with two attached hydrogens (primary N) is 1. The van der Waals surface area contributed by atoms with Crippen molar-refractivity contribution < 1.29 is 0 Å². The van der Waals surface area contributed by atoms with Crippen molar-refractivity contribution in [1.29, 1.82) is 0 Å². The second-order valence-corrected chi connectivity index (χ2v) is 5.47. The standard InChI is InChI=1S/C14H13BrN4/c1-8-3-12-13(4-9(8)2)19(7-18-12)14-11(15)5-10(16)6-17-14/h3-7H,16H2,1-2H3. The summed E-state index contributed by atoms with van der Waals surface area (Å²) in [7, 11) is 0. The lowest BCUT2D eigenvalue weighted by atomic mass is 10.1. The smallest absolute Gasteiger partial charge is 0.152 e. The van der Waals surface area contributed by atoms with Crippen LogP contribution in [0.2, 0.25) is 0 Å². The lowest BCUT2D eigenvalue weighted by Gasteiger charge is -2.07. The number of imidazole rings is 1. The van der Waals surface area contributed by atoms with Gasteiger partial charge in [0.05, 0.1) is 27.4 Å². The summed E-state index contributed by atoms with van der Waals surface area (Å²) in [5.41, 5.74) is 10.8. The molecule has 19 heavy (non-hydrogen) atoms. The molecule has 1 aromatic carbocycles. The number of aromatic nitrogens is 3. The topological polar surface area (TPSA) is 56.7 Å². The number of hydrogen-bond acceptors (Lipinski definition) is 3. The monoisotopic (exact) mass is 316 g/mol. The first-order valence-corrected chi connectivity index (χ1v) is 6.71. The van der Waals surface area contributed by atoms with E-state index in [0.29, 0.717) is 5.69 Å². The second-order valence-electron chi connectivity index (χ2n) is 4.61. The van der Waals surface area contributed by atoms with E-state index in [4.69, 9.17) is 5.73 Å². The van der Waals surface area contributed by atoms with Crippen molar-refractivity contribution in [2.75, 3.05) is 5.73 Å². The highest BCUT2D eigenvalue weighted by Gasteiger charge is 2.10. The van der Waals surface area contributed by atoms with E-state index in [9.17, 15) is 0 Å². The third-order valence-electron chi connectivity index (χ3n) is 3.23. The molecule has 0 radical (unpaired) electrons. The minimum atomic E-state index is 0.632. The number of anilines is 1. The van der Waals surface area contributed by atoms with Crippen LogP contribution in [0.1, 0.15) is 11.1 Å². The van der Waals surface area contributed by atoms with Crippen molar-refractivity contribution in [3.63, 3.8) is 0 Å². The summed E-state index contributed by atoms with van der Waals surface area (Å²) >= 11 is 3.50. The molecule has 4 nitrogen and oxygen atoms in total. The van der Waals surface area contributed by atoms with Crippen LogP contribution in [0.3, 0.4) is 0 Å². The number of hydrogen-bond donors (Lipinski definition) is 1. The molecule has 2 N–H and O–H groups in total. The molecule has 0 fully saturated rings. The van der Waals surface area contributed by atoms with E-state index in [0.717, 1.165) is 21.3 Å². The highest BCUT2D eigenvalue weighted by Crippen LogP contribution is 2.26. The van der Waals surface area contributed by atoms with Crippen molar-refractivity contribution in [3.8, 4) is 5.82 Å². The van der Waals surface area contributed by atoms with Gasteiger partial charge in [-0.15, -0.1) is 0 Å². The number of halogens is 1. The summed E-state index contributed by atoms with van der Waals surface area (Å²) in [4.78, 5) is 8.80. The molecule has 3 aromatic rings. The number of nitrogen functional groups attached to an aromatic ring is 1. The number of fused-ring (bicyclic) bond motifs is 1. The number of pyridine rings is 1. The Hall–Kier alpha value is -1.88. The van der Waals surface area contributed by atoms with Crippen molar-refractivity contribution in [2.24, 2.45) is 0 Å². The first-order chi connectivity index (χ1) is 9.06. The van der Waals surface area contributed by atoms with E-state index in [1.807, 2.05) is 10.6 Å². The molecule has 0 unspecified atom stereocenters. The van der Waals surface area contributed by atoms with Gasteiger partial charge in [-0.05, 0) is 59.1 Å². The molecule has 0 saturated carbocycles. The maximum Gasteiger partial charge on any atom is 0.152 e. The molecule has 2 aromatic heterocycles. The lowest BCUT2D eigenvalue weighted by molar-refractivity contribution is 1.01. The Morgan fingerprint density at radius 1 is 1.11 bits per heavy atom. The lowest BCUT2D eigenvalue weighted by Crippen LogP contribution is -1.99. The zero-order valence-electron chi connectivity index (χ0n) is 10.7. The molecule has 0 bridgehead atoms. The van der Waals surface area contributed by atoms with E-state index in [2.05, 4.69) is 51.9 Å². The van der Waals surface area contributed by atoms with E-state index in [1.54, 1.807) is 12.5 Å². The molecule has 0 aliphatic carbocycles. The van der Waals surface area contributed by atoms with E-state index >= 15 is 0 Å². The summed E-state index contributed by atoms with van der Waals surface area (Å²) in [6.45, 7) is 4.18. The normalized spacial score (nSPS) is 11.1. The molecule has 0 aliphatic rings. The number of rotatable bonds is 1. The highest BCUT2D eigenvalue weighted by molar-refractivity contribution is 9.10. The number of benzene rings is 1. The van der Waals surface area contributed by atoms with Gasteiger partial charge < -0.3 is 5.73 Å². The predicted molar refractivity (Wildman–Crippen MR) is 80.5 cm³/mol. The Bertz CT molecular complexity index is 776. The van der Waals surface area contributed by atoms with Crippen molar-refractivity contribution >= 4 is 32.7 Å². The molecular weight excluding hydrogens is 304 g/mol. The fraction of sp³-hybridized carbons (Fsp3) is 0.143. The quantitative estimate of drug-likeness (QED) is 0.748. The fourth-order valence-corrected chi connectivity index (χ4v) is 2.61. The van der Waals surface area contributed by atoms with Crippen molar-refractivity contribution in [2.45, 2.75) is 13.8 Å². The molecule has 2 heterocycles. The molecule has 3 rings (SSSR count). The van der Waals surface area contributed by atoms with Crippen LogP contribution in [-0.4, -0.2) is 14.5 Å². The third kappa shape index (κ3) is 2.00. The van der Waals surface area contributed by atoms with Gasteiger partial charge in [0.2, 0.25) is 0 Å². The SMILES string of the molecule is Cc1cc2ncn(-c3ncc(N)cc3Br)c2cc1C. The molecule has 0 aliphatic heterocycles. The van der Waals surface area contributed by atoms with Gasteiger partial charge in [-0.2, -0.15) is 0 Å². The maximum absolute atomic E-state index is 5.72. The maximum atomic E-state index is 5.72. The molecular formula is C14H13BrN4. The van der Waals surface area contributed by atoms with Gasteiger partial charge >= 0.3 is 0 Å². The van der Waals surface area contributed by atoms with Gasteiger partial charge in [0.25, 0.3) is 0 Å². The fourth-order valence-electron chi connectivity index (χ4n) is 2.06. The van der Waals surface area contributed by atoms with Crippen molar-refractivity contribution in [1.82, 2.24) is 14.5 Å². The Morgan fingerprint density at radius 2 is 1.84 bits per heavy atom. The highest BCUT2D eigenvalue weighted by atomic mass is 79.9. The third-order valence-corrected chi connectivity index (χ3v) is 3.82. The zero-order valence-corrected chi connectivity index (χ0v) is 12.3. The summed E-state index contributed by atoms with van der Waals surface area (Å²) < 4.78 is 2.82. The largest absolute Gasteiger partial charge is 0.397 e. The molecule has 5 heteroatoms. The zero-order chi connectivity index (χ0) is 13.6. The van der Waals surface area contributed by atoms with Gasteiger partial charge in [0, 0.05) is 0 Å². The predicted octanol–water partition coefficient (Wildman–Crippen LogP) is 3.38. The van der Waals surface area contributed by atoms with Gasteiger partial charge in [-0.3, -0.25) is 4.57 Å². The van der Waals surface area contributed by atoms with Gasteiger partial charge in [0.15, 0.2) is 5.82 Å². The van der Waals surface area contributed by atoms with Gasteiger partial charge in [-0.1, -0.05) is 0 Å². The van der Waals surface area contributed by atoms with E-state index < -0.39 is 0 Å². The molecule has 0 atom stereocenters. The Balaban J connectivity index is 2.28. The summed E-state index contributed by atoms with van der Waals surface area (Å²) in [6.07, 6.45) is 3.43. The van der Waals surface area contributed by atoms with Gasteiger partial charge in [-0.25, -0.2) is 9.97 Å². The Kier molecular flexibility index (Phi) is 2.78. The van der Waals surface area contributed by atoms with Crippen LogP contribution in [0.15, 0.2) is 35.2 Å². The van der Waals surface area contributed by atoms with Crippen LogP contribution in [0, 0.1) is 13.8 Å². The summed E-state index contributed by atoms with van der Waals surface area (Å²) in [5, 5.41) is 0. The second kappa shape index (κ2) is 4.35. The minimum absolute atomic E-state index is 0.632. The van der Waals surface area contributed by atoms with Crippen LogP contribution >= 0.6 is 15.9 Å². The summed E-state index contributed by atoms with van der Waals surface area (Å²) in [6, 6.07) is 6.06. The molecule has 0 spiro atoms. The first kappa shape index (κ1) is 12.2. The molecule has 0 amide bonds. The van der Waals surface area contributed by atoms with Crippen LogP contribution in [0.5, 0.6) is 0 Å². The van der Waals surface area contributed by atoms with Crippen LogP contribution < -0.4 is 5.73 Å². The number of aryl methyl sites for hydroxylation is 2. The molecule has 0 saturated heterocycles.